The predicted octanol–water partition coefficient (Wildman–Crippen LogP) is 2.24. The lowest BCUT2D eigenvalue weighted by atomic mass is 10.1. The van der Waals surface area contributed by atoms with Crippen molar-refractivity contribution in [1.82, 2.24) is 19.6 Å². The van der Waals surface area contributed by atoms with E-state index in [1.807, 2.05) is 27.8 Å². The number of carbonyl (C=O) groups excluding carboxylic acids is 1. The average molecular weight is 378 g/mol. The standard InChI is InChI=1S/C18H26N4O3S/c1-5-9-20-18(23)14-7-6-8-15(12-14)26(24,25)21-16(13(2)3)17-19-10-11-22(17)4/h6-8,10-13,16,21H,5,9H2,1-4H3,(H,20,23)/t16-/m0/s1. The largest absolute Gasteiger partial charge is 0.352 e. The summed E-state index contributed by atoms with van der Waals surface area (Å²) in [5.74, 6) is 0.357. The number of imidazole rings is 1. The van der Waals surface area contributed by atoms with Gasteiger partial charge in [0.15, 0.2) is 0 Å². The zero-order valence-corrected chi connectivity index (χ0v) is 16.4. The fourth-order valence-electron chi connectivity index (χ4n) is 2.54. The number of amides is 1. The molecule has 142 valence electrons. The Bertz CT molecular complexity index is 859. The summed E-state index contributed by atoms with van der Waals surface area (Å²) in [6.07, 6.45) is 4.22. The van der Waals surface area contributed by atoms with Crippen LogP contribution >= 0.6 is 0 Å². The van der Waals surface area contributed by atoms with Crippen LogP contribution in [-0.2, 0) is 17.1 Å². The number of carbonyl (C=O) groups is 1. The number of aromatic nitrogens is 2. The number of nitrogens with one attached hydrogen (secondary N) is 2. The third kappa shape index (κ3) is 4.70. The molecule has 0 bridgehead atoms. The molecule has 0 spiro atoms. The Morgan fingerprint density at radius 2 is 2.04 bits per heavy atom. The van der Waals surface area contributed by atoms with Crippen molar-refractivity contribution >= 4 is 15.9 Å². The molecule has 2 rings (SSSR count). The first-order chi connectivity index (χ1) is 12.3. The van der Waals surface area contributed by atoms with Crippen molar-refractivity contribution in [3.8, 4) is 0 Å². The van der Waals surface area contributed by atoms with Crippen molar-refractivity contribution in [1.29, 1.82) is 0 Å². The van der Waals surface area contributed by atoms with E-state index in [-0.39, 0.29) is 16.7 Å². The van der Waals surface area contributed by atoms with Gasteiger partial charge in [-0.3, -0.25) is 4.79 Å². The van der Waals surface area contributed by atoms with Crippen molar-refractivity contribution in [2.45, 2.75) is 38.1 Å². The normalized spacial score (nSPS) is 13.0. The molecule has 7 nitrogen and oxygen atoms in total. The van der Waals surface area contributed by atoms with Gasteiger partial charge in [-0.05, 0) is 30.5 Å². The molecule has 0 aliphatic rings. The van der Waals surface area contributed by atoms with Crippen LogP contribution in [0.4, 0.5) is 0 Å². The molecule has 0 radical (unpaired) electrons. The Kier molecular flexibility index (Phi) is 6.55. The topological polar surface area (TPSA) is 93.1 Å². The third-order valence-corrected chi connectivity index (χ3v) is 5.47. The second kappa shape index (κ2) is 8.46. The van der Waals surface area contributed by atoms with E-state index in [9.17, 15) is 13.2 Å². The smallest absolute Gasteiger partial charge is 0.251 e. The summed E-state index contributed by atoms with van der Waals surface area (Å²) in [6.45, 7) is 6.35. The fraction of sp³-hybridized carbons (Fsp3) is 0.444. The minimum absolute atomic E-state index is 0.00177. The molecule has 2 N–H and O–H groups in total. The number of benzene rings is 1. The van der Waals surface area contributed by atoms with Gasteiger partial charge >= 0.3 is 0 Å². The zero-order chi connectivity index (χ0) is 19.3. The lowest BCUT2D eigenvalue weighted by molar-refractivity contribution is 0.0953. The molecule has 0 saturated carbocycles. The minimum atomic E-state index is -3.81. The SMILES string of the molecule is CCCNC(=O)c1cccc(S(=O)(=O)N[C@H](c2nccn2C)C(C)C)c1. The highest BCUT2D eigenvalue weighted by molar-refractivity contribution is 7.89. The van der Waals surface area contributed by atoms with Crippen molar-refractivity contribution in [2.75, 3.05) is 6.54 Å². The summed E-state index contributed by atoms with van der Waals surface area (Å²) in [5, 5.41) is 2.75. The summed E-state index contributed by atoms with van der Waals surface area (Å²) in [4.78, 5) is 16.4. The summed E-state index contributed by atoms with van der Waals surface area (Å²) in [6, 6.07) is 5.57. The molecule has 8 heteroatoms. The van der Waals surface area contributed by atoms with E-state index in [4.69, 9.17) is 0 Å². The Hall–Kier alpha value is -2.19. The van der Waals surface area contributed by atoms with Gasteiger partial charge in [0.2, 0.25) is 10.0 Å². The highest BCUT2D eigenvalue weighted by atomic mass is 32.2. The Morgan fingerprint density at radius 3 is 2.62 bits per heavy atom. The van der Waals surface area contributed by atoms with Gasteiger partial charge in [-0.1, -0.05) is 26.8 Å². The van der Waals surface area contributed by atoms with Gasteiger partial charge in [0.25, 0.3) is 5.91 Å². The third-order valence-electron chi connectivity index (χ3n) is 4.03. The molecule has 0 unspecified atom stereocenters. The van der Waals surface area contributed by atoms with Gasteiger partial charge in [-0.15, -0.1) is 0 Å². The number of aryl methyl sites for hydroxylation is 1. The lowest BCUT2D eigenvalue weighted by Gasteiger charge is -2.22. The summed E-state index contributed by atoms with van der Waals surface area (Å²) in [5.41, 5.74) is 0.319. The van der Waals surface area contributed by atoms with Crippen LogP contribution in [0.3, 0.4) is 0 Å². The van der Waals surface area contributed by atoms with Gasteiger partial charge in [0.05, 0.1) is 10.9 Å². The molecule has 0 aliphatic carbocycles. The van der Waals surface area contributed by atoms with Crippen LogP contribution in [0.15, 0.2) is 41.6 Å². The second-order valence-corrected chi connectivity index (χ2v) is 8.24. The number of rotatable bonds is 8. The first-order valence-electron chi connectivity index (χ1n) is 8.64. The average Bonchev–Trinajstić information content (AvgIpc) is 3.03. The monoisotopic (exact) mass is 378 g/mol. The summed E-state index contributed by atoms with van der Waals surface area (Å²) >= 11 is 0. The highest BCUT2D eigenvalue weighted by Crippen LogP contribution is 2.23. The molecular weight excluding hydrogens is 352 g/mol. The lowest BCUT2D eigenvalue weighted by Crippen LogP contribution is -2.33. The van der Waals surface area contributed by atoms with Crippen LogP contribution in [0.1, 0.15) is 49.4 Å². The van der Waals surface area contributed by atoms with E-state index >= 15 is 0 Å². The molecule has 1 amide bonds. The van der Waals surface area contributed by atoms with Crippen LogP contribution in [0, 0.1) is 5.92 Å². The van der Waals surface area contributed by atoms with E-state index in [1.54, 1.807) is 29.1 Å². The molecule has 1 atom stereocenters. The molecular formula is C18H26N4O3S. The van der Waals surface area contributed by atoms with E-state index < -0.39 is 16.1 Å². The number of hydrogen-bond acceptors (Lipinski definition) is 4. The van der Waals surface area contributed by atoms with Gasteiger partial charge in [0.1, 0.15) is 5.82 Å². The van der Waals surface area contributed by atoms with Crippen molar-refractivity contribution in [2.24, 2.45) is 13.0 Å². The van der Waals surface area contributed by atoms with Gasteiger partial charge in [-0.25, -0.2) is 18.1 Å². The van der Waals surface area contributed by atoms with Gasteiger partial charge in [0, 0.05) is 31.5 Å². The van der Waals surface area contributed by atoms with Crippen molar-refractivity contribution in [3.63, 3.8) is 0 Å². The fourth-order valence-corrected chi connectivity index (χ4v) is 3.93. The Morgan fingerprint density at radius 1 is 1.31 bits per heavy atom. The molecule has 2 aromatic rings. The quantitative estimate of drug-likeness (QED) is 0.737. The summed E-state index contributed by atoms with van der Waals surface area (Å²) in [7, 11) is -1.98. The van der Waals surface area contributed by atoms with E-state index in [1.165, 1.54) is 12.1 Å². The number of hydrogen-bond donors (Lipinski definition) is 2. The molecule has 1 heterocycles. The van der Waals surface area contributed by atoms with Crippen LogP contribution in [0.2, 0.25) is 0 Å². The van der Waals surface area contributed by atoms with Crippen molar-refractivity contribution in [3.05, 3.63) is 48.0 Å². The molecule has 1 aromatic heterocycles. The maximum Gasteiger partial charge on any atom is 0.251 e. The second-order valence-electron chi connectivity index (χ2n) is 6.52. The van der Waals surface area contributed by atoms with Gasteiger partial charge < -0.3 is 9.88 Å². The van der Waals surface area contributed by atoms with E-state index in [0.29, 0.717) is 17.9 Å². The summed E-state index contributed by atoms with van der Waals surface area (Å²) < 4.78 is 30.2. The zero-order valence-electron chi connectivity index (χ0n) is 15.6. The maximum atomic E-state index is 12.9. The first-order valence-corrected chi connectivity index (χ1v) is 10.1. The van der Waals surface area contributed by atoms with Crippen LogP contribution in [-0.4, -0.2) is 30.4 Å². The molecule has 0 aliphatic heterocycles. The number of sulfonamides is 1. The van der Waals surface area contributed by atoms with Gasteiger partial charge in [-0.2, -0.15) is 0 Å². The maximum absolute atomic E-state index is 12.9. The molecule has 0 saturated heterocycles. The first kappa shape index (κ1) is 20.1. The molecule has 0 fully saturated rings. The van der Waals surface area contributed by atoms with E-state index in [2.05, 4.69) is 15.0 Å². The van der Waals surface area contributed by atoms with Crippen LogP contribution in [0.5, 0.6) is 0 Å². The minimum Gasteiger partial charge on any atom is -0.352 e. The Labute approximate surface area is 154 Å². The van der Waals surface area contributed by atoms with Crippen LogP contribution in [0.25, 0.3) is 0 Å². The number of nitrogens with zero attached hydrogens (tertiary/aromatic N) is 2. The Balaban J connectivity index is 2.29. The van der Waals surface area contributed by atoms with E-state index in [0.717, 1.165) is 6.42 Å². The molecule has 26 heavy (non-hydrogen) atoms. The highest BCUT2D eigenvalue weighted by Gasteiger charge is 2.27. The molecule has 1 aromatic carbocycles. The van der Waals surface area contributed by atoms with Crippen LogP contribution < -0.4 is 10.0 Å². The predicted molar refractivity (Wildman–Crippen MR) is 100 cm³/mol. The van der Waals surface area contributed by atoms with Crippen molar-refractivity contribution < 1.29 is 13.2 Å².